The molecule has 1 aromatic rings. The Labute approximate surface area is 137 Å². The molecule has 0 radical (unpaired) electrons. The van der Waals surface area contributed by atoms with Gasteiger partial charge in [-0.3, -0.25) is 9.69 Å². The Balaban J connectivity index is 1.41. The Morgan fingerprint density at radius 1 is 1.09 bits per heavy atom. The van der Waals surface area contributed by atoms with E-state index in [4.69, 9.17) is 4.74 Å². The van der Waals surface area contributed by atoms with Crippen LogP contribution < -0.4 is 0 Å². The summed E-state index contributed by atoms with van der Waals surface area (Å²) in [5, 5.41) is 0. The molecule has 0 bridgehead atoms. The fourth-order valence-corrected chi connectivity index (χ4v) is 3.33. The highest BCUT2D eigenvalue weighted by atomic mass is 19.1. The van der Waals surface area contributed by atoms with Crippen LogP contribution in [-0.2, 0) is 16.0 Å². The number of hydrogen-bond donors (Lipinski definition) is 0. The average Bonchev–Trinajstić information content (AvgIpc) is 2.62. The fraction of sp³-hybridized carbons (Fsp3) is 0.611. The van der Waals surface area contributed by atoms with Crippen molar-refractivity contribution in [1.29, 1.82) is 0 Å². The summed E-state index contributed by atoms with van der Waals surface area (Å²) in [5.41, 5.74) is 1.16. The van der Waals surface area contributed by atoms with Crippen molar-refractivity contribution in [3.05, 3.63) is 35.6 Å². The number of ether oxygens (including phenoxy) is 1. The van der Waals surface area contributed by atoms with E-state index in [2.05, 4.69) is 4.90 Å². The molecule has 0 spiro atoms. The lowest BCUT2D eigenvalue weighted by molar-refractivity contribution is -0.140. The van der Waals surface area contributed by atoms with Crippen molar-refractivity contribution in [3.8, 4) is 0 Å². The van der Waals surface area contributed by atoms with E-state index in [1.54, 1.807) is 0 Å². The Kier molecular flexibility index (Phi) is 5.62. The van der Waals surface area contributed by atoms with E-state index < -0.39 is 0 Å². The van der Waals surface area contributed by atoms with Crippen molar-refractivity contribution in [2.24, 2.45) is 5.92 Å². The van der Waals surface area contributed by atoms with Gasteiger partial charge in [0.05, 0.1) is 0 Å². The molecule has 4 nitrogen and oxygen atoms in total. The van der Waals surface area contributed by atoms with Gasteiger partial charge in [-0.2, -0.15) is 0 Å². The summed E-state index contributed by atoms with van der Waals surface area (Å²) in [7, 11) is 0. The lowest BCUT2D eigenvalue weighted by Crippen LogP contribution is -2.51. The maximum absolute atomic E-state index is 12.9. The van der Waals surface area contributed by atoms with Gasteiger partial charge in [0, 0.05) is 51.9 Å². The van der Waals surface area contributed by atoms with Crippen molar-refractivity contribution in [2.45, 2.75) is 19.3 Å². The first-order valence-corrected chi connectivity index (χ1v) is 8.56. The maximum atomic E-state index is 12.9. The van der Waals surface area contributed by atoms with Crippen molar-refractivity contribution in [1.82, 2.24) is 9.80 Å². The third-order valence-corrected chi connectivity index (χ3v) is 4.88. The number of amides is 1. The second-order valence-electron chi connectivity index (χ2n) is 6.43. The maximum Gasteiger partial charge on any atom is 0.225 e. The summed E-state index contributed by atoms with van der Waals surface area (Å²) in [5.74, 6) is 0.287. The van der Waals surface area contributed by atoms with Gasteiger partial charge in [-0.1, -0.05) is 12.1 Å². The number of nitrogens with zero attached hydrogens (tertiary/aromatic N) is 2. The fourth-order valence-electron chi connectivity index (χ4n) is 3.33. The second-order valence-corrected chi connectivity index (χ2v) is 6.43. The summed E-state index contributed by atoms with van der Waals surface area (Å²) in [4.78, 5) is 16.9. The average molecular weight is 320 g/mol. The molecular formula is C18H25FN2O2. The predicted octanol–water partition coefficient (Wildman–Crippen LogP) is 1.94. The molecule has 0 aromatic heterocycles. The van der Waals surface area contributed by atoms with Crippen LogP contribution in [0.15, 0.2) is 24.3 Å². The number of carbonyl (C=O) groups is 1. The van der Waals surface area contributed by atoms with Crippen LogP contribution in [-0.4, -0.2) is 61.6 Å². The van der Waals surface area contributed by atoms with E-state index in [0.29, 0.717) is 19.1 Å². The van der Waals surface area contributed by atoms with Crippen LogP contribution in [0.3, 0.4) is 0 Å². The number of halogens is 1. The standard InChI is InChI=1S/C18H25FN2O2/c19-17-3-1-15(2-4-17)5-8-20-9-11-21(12-10-20)18(22)16-6-13-23-14-7-16/h1-4,16H,5-14H2. The largest absolute Gasteiger partial charge is 0.381 e. The predicted molar refractivity (Wildman–Crippen MR) is 86.7 cm³/mol. The molecule has 5 heteroatoms. The monoisotopic (exact) mass is 320 g/mol. The van der Waals surface area contributed by atoms with Gasteiger partial charge in [0.15, 0.2) is 0 Å². The van der Waals surface area contributed by atoms with Gasteiger partial charge >= 0.3 is 0 Å². The van der Waals surface area contributed by atoms with Crippen LogP contribution in [0.5, 0.6) is 0 Å². The van der Waals surface area contributed by atoms with Gasteiger partial charge in [-0.25, -0.2) is 4.39 Å². The Morgan fingerprint density at radius 2 is 1.74 bits per heavy atom. The molecule has 2 aliphatic heterocycles. The van der Waals surface area contributed by atoms with Crippen LogP contribution in [0.4, 0.5) is 4.39 Å². The minimum atomic E-state index is -0.186. The minimum absolute atomic E-state index is 0.162. The first-order valence-electron chi connectivity index (χ1n) is 8.56. The first kappa shape index (κ1) is 16.4. The lowest BCUT2D eigenvalue weighted by atomic mass is 9.98. The smallest absolute Gasteiger partial charge is 0.225 e. The number of carbonyl (C=O) groups excluding carboxylic acids is 1. The molecule has 0 atom stereocenters. The molecule has 2 saturated heterocycles. The third kappa shape index (κ3) is 4.52. The van der Waals surface area contributed by atoms with Gasteiger partial charge in [-0.05, 0) is 37.0 Å². The molecule has 3 rings (SSSR count). The van der Waals surface area contributed by atoms with Crippen LogP contribution in [0.2, 0.25) is 0 Å². The highest BCUT2D eigenvalue weighted by Gasteiger charge is 2.28. The molecule has 2 fully saturated rings. The molecule has 2 aliphatic rings. The SMILES string of the molecule is O=C(C1CCOCC1)N1CCN(CCc2ccc(F)cc2)CC1. The first-order chi connectivity index (χ1) is 11.2. The minimum Gasteiger partial charge on any atom is -0.381 e. The van der Waals surface area contributed by atoms with E-state index in [1.165, 1.54) is 12.1 Å². The van der Waals surface area contributed by atoms with Crippen LogP contribution in [0.1, 0.15) is 18.4 Å². The summed E-state index contributed by atoms with van der Waals surface area (Å²) in [6, 6.07) is 6.72. The van der Waals surface area contributed by atoms with E-state index in [1.807, 2.05) is 17.0 Å². The van der Waals surface area contributed by atoms with E-state index >= 15 is 0 Å². The van der Waals surface area contributed by atoms with Crippen molar-refractivity contribution < 1.29 is 13.9 Å². The van der Waals surface area contributed by atoms with Crippen molar-refractivity contribution in [3.63, 3.8) is 0 Å². The van der Waals surface area contributed by atoms with Gasteiger partial charge < -0.3 is 9.64 Å². The summed E-state index contributed by atoms with van der Waals surface area (Å²) >= 11 is 0. The van der Waals surface area contributed by atoms with Gasteiger partial charge in [0.1, 0.15) is 5.82 Å². The molecule has 1 amide bonds. The summed E-state index contributed by atoms with van der Waals surface area (Å²) in [6.45, 7) is 5.89. The Morgan fingerprint density at radius 3 is 2.39 bits per heavy atom. The Bertz CT molecular complexity index is 506. The highest BCUT2D eigenvalue weighted by molar-refractivity contribution is 5.79. The normalized spacial score (nSPS) is 20.7. The molecule has 0 saturated carbocycles. The van der Waals surface area contributed by atoms with Gasteiger partial charge in [0.25, 0.3) is 0 Å². The zero-order chi connectivity index (χ0) is 16.1. The number of hydrogen-bond acceptors (Lipinski definition) is 3. The number of piperazine rings is 1. The Hall–Kier alpha value is -1.46. The number of rotatable bonds is 4. The summed E-state index contributed by atoms with van der Waals surface area (Å²) in [6.07, 6.45) is 2.65. The second kappa shape index (κ2) is 7.88. The summed E-state index contributed by atoms with van der Waals surface area (Å²) < 4.78 is 18.2. The molecule has 2 heterocycles. The van der Waals surface area contributed by atoms with Gasteiger partial charge in [-0.15, -0.1) is 0 Å². The highest BCUT2D eigenvalue weighted by Crippen LogP contribution is 2.18. The molecule has 0 aliphatic carbocycles. The van der Waals surface area contributed by atoms with Crippen LogP contribution in [0, 0.1) is 11.7 Å². The van der Waals surface area contributed by atoms with Crippen molar-refractivity contribution >= 4 is 5.91 Å². The molecular weight excluding hydrogens is 295 g/mol. The molecule has 0 N–H and O–H groups in total. The molecule has 23 heavy (non-hydrogen) atoms. The van der Waals surface area contributed by atoms with E-state index in [9.17, 15) is 9.18 Å². The van der Waals surface area contributed by atoms with Gasteiger partial charge in [0.2, 0.25) is 5.91 Å². The number of benzene rings is 1. The zero-order valence-electron chi connectivity index (χ0n) is 13.5. The molecule has 126 valence electrons. The zero-order valence-corrected chi connectivity index (χ0v) is 13.5. The third-order valence-electron chi connectivity index (χ3n) is 4.88. The quantitative estimate of drug-likeness (QED) is 0.850. The van der Waals surface area contributed by atoms with E-state index in [-0.39, 0.29) is 11.7 Å². The van der Waals surface area contributed by atoms with Crippen LogP contribution >= 0.6 is 0 Å². The molecule has 0 unspecified atom stereocenters. The van der Waals surface area contributed by atoms with Crippen molar-refractivity contribution in [2.75, 3.05) is 45.9 Å². The topological polar surface area (TPSA) is 32.8 Å². The van der Waals surface area contributed by atoms with Crippen LogP contribution in [0.25, 0.3) is 0 Å². The van der Waals surface area contributed by atoms with E-state index in [0.717, 1.165) is 57.5 Å². The molecule has 1 aromatic carbocycles. The lowest BCUT2D eigenvalue weighted by Gasteiger charge is -2.37.